The number of rotatable bonds is 7. The van der Waals surface area contributed by atoms with Crippen molar-refractivity contribution in [3.05, 3.63) is 24.3 Å². The summed E-state index contributed by atoms with van der Waals surface area (Å²) in [5.74, 6) is 0.667. The molecule has 1 saturated heterocycles. The molecule has 0 amide bonds. The highest BCUT2D eigenvalue weighted by Crippen LogP contribution is 2.18. The molecule has 0 aliphatic carbocycles. The van der Waals surface area contributed by atoms with Crippen molar-refractivity contribution in [2.45, 2.75) is 31.2 Å². The first kappa shape index (κ1) is 18.2. The molecule has 23 heavy (non-hydrogen) atoms. The predicted octanol–water partition coefficient (Wildman–Crippen LogP) is 1.47. The third-order valence-corrected chi connectivity index (χ3v) is 5.42. The summed E-state index contributed by atoms with van der Waals surface area (Å²) in [7, 11) is -3.53. The van der Waals surface area contributed by atoms with Crippen LogP contribution >= 0.6 is 0 Å². The lowest BCUT2D eigenvalue weighted by Gasteiger charge is -2.40. The molecule has 0 bridgehead atoms. The van der Waals surface area contributed by atoms with E-state index in [1.54, 1.807) is 24.3 Å². The summed E-state index contributed by atoms with van der Waals surface area (Å²) < 4.78 is 38.3. The Bertz CT molecular complexity index is 593. The van der Waals surface area contributed by atoms with Crippen LogP contribution in [-0.4, -0.2) is 58.3 Å². The number of morpholine rings is 1. The van der Waals surface area contributed by atoms with Gasteiger partial charge in [-0.15, -0.1) is 0 Å². The summed E-state index contributed by atoms with van der Waals surface area (Å²) in [6.07, 6.45) is 0. The first-order valence-electron chi connectivity index (χ1n) is 7.90. The molecule has 0 saturated carbocycles. The molecule has 0 atom stereocenters. The second-order valence-electron chi connectivity index (χ2n) is 6.14. The molecule has 0 spiro atoms. The first-order valence-corrected chi connectivity index (χ1v) is 9.39. The number of hydrogen-bond donors (Lipinski definition) is 1. The van der Waals surface area contributed by atoms with Gasteiger partial charge in [0, 0.05) is 25.2 Å². The van der Waals surface area contributed by atoms with Crippen molar-refractivity contribution < 1.29 is 17.9 Å². The Morgan fingerprint density at radius 2 is 1.83 bits per heavy atom. The highest BCUT2D eigenvalue weighted by Gasteiger charge is 2.29. The summed E-state index contributed by atoms with van der Waals surface area (Å²) >= 11 is 0. The van der Waals surface area contributed by atoms with Crippen LogP contribution in [0.4, 0.5) is 0 Å². The second-order valence-corrected chi connectivity index (χ2v) is 7.91. The van der Waals surface area contributed by atoms with Gasteiger partial charge in [-0.05, 0) is 45.0 Å². The minimum Gasteiger partial charge on any atom is -0.494 e. The molecule has 1 aliphatic rings. The lowest BCUT2D eigenvalue weighted by Crippen LogP contribution is -2.55. The van der Waals surface area contributed by atoms with Crippen LogP contribution in [0.2, 0.25) is 0 Å². The van der Waals surface area contributed by atoms with Gasteiger partial charge in [0.2, 0.25) is 10.0 Å². The third kappa shape index (κ3) is 4.91. The minimum absolute atomic E-state index is 0.249. The van der Waals surface area contributed by atoms with Crippen molar-refractivity contribution in [2.24, 2.45) is 0 Å². The van der Waals surface area contributed by atoms with E-state index in [1.165, 1.54) is 0 Å². The molecule has 130 valence electrons. The highest BCUT2D eigenvalue weighted by atomic mass is 32.2. The maximum atomic E-state index is 12.4. The second kappa shape index (κ2) is 7.61. The maximum Gasteiger partial charge on any atom is 0.240 e. The number of ether oxygens (including phenoxy) is 2. The Hall–Kier alpha value is -1.15. The fourth-order valence-electron chi connectivity index (χ4n) is 2.52. The van der Waals surface area contributed by atoms with Crippen LogP contribution in [0, 0.1) is 0 Å². The quantitative estimate of drug-likeness (QED) is 0.813. The van der Waals surface area contributed by atoms with E-state index < -0.39 is 10.0 Å². The van der Waals surface area contributed by atoms with Gasteiger partial charge >= 0.3 is 0 Å². The van der Waals surface area contributed by atoms with Gasteiger partial charge in [0.05, 0.1) is 24.7 Å². The number of benzene rings is 1. The fraction of sp³-hybridized carbons (Fsp3) is 0.625. The zero-order chi connectivity index (χ0) is 16.9. The molecule has 0 unspecified atom stereocenters. The van der Waals surface area contributed by atoms with Crippen molar-refractivity contribution in [3.8, 4) is 5.75 Å². The van der Waals surface area contributed by atoms with Crippen LogP contribution in [0.5, 0.6) is 5.75 Å². The molecule has 6 nitrogen and oxygen atoms in total. The van der Waals surface area contributed by atoms with Crippen LogP contribution in [0.25, 0.3) is 0 Å². The Labute approximate surface area is 138 Å². The number of nitrogens with one attached hydrogen (secondary N) is 1. The Morgan fingerprint density at radius 1 is 1.22 bits per heavy atom. The van der Waals surface area contributed by atoms with Crippen LogP contribution in [0.15, 0.2) is 29.2 Å². The van der Waals surface area contributed by atoms with Gasteiger partial charge in [-0.3, -0.25) is 4.90 Å². The molecular formula is C16H26N2O4S. The molecule has 0 radical (unpaired) electrons. The molecule has 7 heteroatoms. The smallest absolute Gasteiger partial charge is 0.240 e. The third-order valence-electron chi connectivity index (χ3n) is 4.01. The average molecular weight is 342 g/mol. The fourth-order valence-corrected chi connectivity index (χ4v) is 3.72. The SMILES string of the molecule is CCOc1ccc(S(=O)(=O)NCC(C)(C)N2CCOCC2)cc1. The van der Waals surface area contributed by atoms with E-state index in [2.05, 4.69) is 9.62 Å². The van der Waals surface area contributed by atoms with Crippen molar-refractivity contribution in [2.75, 3.05) is 39.5 Å². The zero-order valence-electron chi connectivity index (χ0n) is 14.0. The van der Waals surface area contributed by atoms with Crippen LogP contribution < -0.4 is 9.46 Å². The van der Waals surface area contributed by atoms with E-state index in [4.69, 9.17) is 9.47 Å². The molecule has 1 fully saturated rings. The molecule has 2 rings (SSSR count). The topological polar surface area (TPSA) is 67.9 Å². The van der Waals surface area contributed by atoms with E-state index in [9.17, 15) is 8.42 Å². The monoisotopic (exact) mass is 342 g/mol. The molecule has 1 heterocycles. The van der Waals surface area contributed by atoms with Crippen molar-refractivity contribution in [1.82, 2.24) is 9.62 Å². The van der Waals surface area contributed by atoms with Crippen molar-refractivity contribution in [1.29, 1.82) is 0 Å². The van der Waals surface area contributed by atoms with Crippen molar-refractivity contribution >= 4 is 10.0 Å². The van der Waals surface area contributed by atoms with Crippen molar-refractivity contribution in [3.63, 3.8) is 0 Å². The molecule has 1 aromatic carbocycles. The first-order chi connectivity index (χ1) is 10.8. The maximum absolute atomic E-state index is 12.4. The average Bonchev–Trinajstić information content (AvgIpc) is 2.55. The van der Waals surface area contributed by atoms with Gasteiger partial charge in [0.15, 0.2) is 0 Å². The molecular weight excluding hydrogens is 316 g/mol. The summed E-state index contributed by atoms with van der Waals surface area (Å²) in [6, 6.07) is 6.47. The van der Waals surface area contributed by atoms with E-state index in [0.29, 0.717) is 32.1 Å². The van der Waals surface area contributed by atoms with Crippen LogP contribution in [0.3, 0.4) is 0 Å². The standard InChI is InChI=1S/C16H26N2O4S/c1-4-22-14-5-7-15(8-6-14)23(19,20)17-13-16(2,3)18-9-11-21-12-10-18/h5-8,17H,4,9-13H2,1-3H3. The van der Waals surface area contributed by atoms with Crippen LogP contribution in [0.1, 0.15) is 20.8 Å². The van der Waals surface area contributed by atoms with Gasteiger partial charge in [-0.25, -0.2) is 13.1 Å². The van der Waals surface area contributed by atoms with E-state index in [-0.39, 0.29) is 10.4 Å². The molecule has 1 N–H and O–H groups in total. The van der Waals surface area contributed by atoms with Crippen LogP contribution in [-0.2, 0) is 14.8 Å². The summed E-state index contributed by atoms with van der Waals surface area (Å²) in [5, 5.41) is 0. The molecule has 0 aromatic heterocycles. The molecule has 1 aromatic rings. The van der Waals surface area contributed by atoms with Gasteiger partial charge in [-0.1, -0.05) is 0 Å². The normalized spacial score (nSPS) is 17.2. The van der Waals surface area contributed by atoms with E-state index in [1.807, 2.05) is 20.8 Å². The lowest BCUT2D eigenvalue weighted by atomic mass is 10.0. The van der Waals surface area contributed by atoms with E-state index >= 15 is 0 Å². The number of hydrogen-bond acceptors (Lipinski definition) is 5. The minimum atomic E-state index is -3.53. The number of sulfonamides is 1. The largest absolute Gasteiger partial charge is 0.494 e. The Morgan fingerprint density at radius 3 is 2.39 bits per heavy atom. The molecule has 1 aliphatic heterocycles. The number of nitrogens with zero attached hydrogens (tertiary/aromatic N) is 1. The van der Waals surface area contributed by atoms with E-state index in [0.717, 1.165) is 13.1 Å². The summed E-state index contributed by atoms with van der Waals surface area (Å²) in [4.78, 5) is 2.50. The zero-order valence-corrected chi connectivity index (χ0v) is 14.9. The lowest BCUT2D eigenvalue weighted by molar-refractivity contribution is -0.00803. The predicted molar refractivity (Wildman–Crippen MR) is 89.3 cm³/mol. The summed E-state index contributed by atoms with van der Waals surface area (Å²) in [6.45, 7) is 9.89. The van der Waals surface area contributed by atoms with Gasteiger partial charge in [-0.2, -0.15) is 0 Å². The van der Waals surface area contributed by atoms with Gasteiger partial charge in [0.25, 0.3) is 0 Å². The Balaban J connectivity index is 1.99. The Kier molecular flexibility index (Phi) is 6.02. The van der Waals surface area contributed by atoms with Gasteiger partial charge in [0.1, 0.15) is 5.75 Å². The highest BCUT2D eigenvalue weighted by molar-refractivity contribution is 7.89. The summed E-state index contributed by atoms with van der Waals surface area (Å²) in [5.41, 5.74) is -0.262. The van der Waals surface area contributed by atoms with Gasteiger partial charge < -0.3 is 9.47 Å².